The van der Waals surface area contributed by atoms with Gasteiger partial charge < -0.3 is 10.3 Å². The van der Waals surface area contributed by atoms with Crippen LogP contribution in [0.2, 0.25) is 0 Å². The van der Waals surface area contributed by atoms with Gasteiger partial charge in [0.2, 0.25) is 0 Å². The number of rotatable bonds is 3. The zero-order valence-corrected chi connectivity index (χ0v) is 9.59. The molecule has 0 amide bonds. The van der Waals surface area contributed by atoms with E-state index in [0.717, 1.165) is 6.54 Å². The summed E-state index contributed by atoms with van der Waals surface area (Å²) in [6, 6.07) is 9.24. The largest absolute Gasteiger partial charge is 0.357 e. The van der Waals surface area contributed by atoms with Crippen LogP contribution in [0.1, 0.15) is 25.1 Å². The molecular weight excluding hydrogens is 184 g/mol. The van der Waals surface area contributed by atoms with Crippen LogP contribution in [0, 0.1) is 6.92 Å². The molecule has 0 aliphatic carbocycles. The SMILES string of the molecule is Cc1ccc2[nH]c(CNC(C)C)cc2c1. The van der Waals surface area contributed by atoms with Gasteiger partial charge in [0, 0.05) is 23.8 Å². The second-order valence-corrected chi connectivity index (χ2v) is 4.42. The molecule has 2 nitrogen and oxygen atoms in total. The lowest BCUT2D eigenvalue weighted by molar-refractivity contribution is 0.583. The normalized spacial score (nSPS) is 11.5. The van der Waals surface area contributed by atoms with Crippen molar-refractivity contribution >= 4 is 10.9 Å². The molecule has 0 spiro atoms. The van der Waals surface area contributed by atoms with Gasteiger partial charge in [-0.05, 0) is 30.5 Å². The van der Waals surface area contributed by atoms with Crippen LogP contribution in [-0.4, -0.2) is 11.0 Å². The zero-order valence-electron chi connectivity index (χ0n) is 9.59. The maximum absolute atomic E-state index is 3.42. The lowest BCUT2D eigenvalue weighted by Crippen LogP contribution is -2.21. The molecule has 2 heteroatoms. The van der Waals surface area contributed by atoms with E-state index < -0.39 is 0 Å². The van der Waals surface area contributed by atoms with Gasteiger partial charge in [0.1, 0.15) is 0 Å². The van der Waals surface area contributed by atoms with Crippen LogP contribution in [0.15, 0.2) is 24.3 Å². The molecule has 0 saturated carbocycles. The molecule has 0 bridgehead atoms. The fraction of sp³-hybridized carbons (Fsp3) is 0.385. The van der Waals surface area contributed by atoms with Crippen molar-refractivity contribution in [3.63, 3.8) is 0 Å². The van der Waals surface area contributed by atoms with E-state index in [2.05, 4.69) is 55.3 Å². The quantitative estimate of drug-likeness (QED) is 0.786. The Kier molecular flexibility index (Phi) is 2.78. The fourth-order valence-electron chi connectivity index (χ4n) is 1.72. The highest BCUT2D eigenvalue weighted by Crippen LogP contribution is 2.16. The molecule has 2 rings (SSSR count). The van der Waals surface area contributed by atoms with Crippen LogP contribution < -0.4 is 5.32 Å². The maximum Gasteiger partial charge on any atom is 0.0456 e. The van der Waals surface area contributed by atoms with Gasteiger partial charge in [-0.25, -0.2) is 0 Å². The third kappa shape index (κ3) is 2.39. The highest BCUT2D eigenvalue weighted by atomic mass is 14.9. The van der Waals surface area contributed by atoms with Gasteiger partial charge in [0.25, 0.3) is 0 Å². The highest BCUT2D eigenvalue weighted by Gasteiger charge is 2.01. The Balaban J connectivity index is 2.23. The van der Waals surface area contributed by atoms with E-state index in [1.54, 1.807) is 0 Å². The molecule has 0 aliphatic heterocycles. The maximum atomic E-state index is 3.42. The minimum absolute atomic E-state index is 0.526. The van der Waals surface area contributed by atoms with Crippen molar-refractivity contribution in [2.24, 2.45) is 0 Å². The van der Waals surface area contributed by atoms with Crippen molar-refractivity contribution in [3.8, 4) is 0 Å². The second kappa shape index (κ2) is 4.07. The Morgan fingerprint density at radius 1 is 1.27 bits per heavy atom. The van der Waals surface area contributed by atoms with Gasteiger partial charge in [-0.3, -0.25) is 0 Å². The first-order chi connectivity index (χ1) is 7.15. The summed E-state index contributed by atoms with van der Waals surface area (Å²) < 4.78 is 0. The first-order valence-corrected chi connectivity index (χ1v) is 5.47. The predicted molar refractivity (Wildman–Crippen MR) is 65.0 cm³/mol. The fourth-order valence-corrected chi connectivity index (χ4v) is 1.72. The van der Waals surface area contributed by atoms with Gasteiger partial charge >= 0.3 is 0 Å². The summed E-state index contributed by atoms with van der Waals surface area (Å²) >= 11 is 0. The van der Waals surface area contributed by atoms with Crippen LogP contribution in [0.5, 0.6) is 0 Å². The summed E-state index contributed by atoms with van der Waals surface area (Å²) in [5.74, 6) is 0. The molecule has 1 aromatic heterocycles. The number of aryl methyl sites for hydroxylation is 1. The summed E-state index contributed by atoms with van der Waals surface area (Å²) in [5.41, 5.74) is 3.79. The topological polar surface area (TPSA) is 27.8 Å². The first-order valence-electron chi connectivity index (χ1n) is 5.47. The molecule has 0 aliphatic rings. The van der Waals surface area contributed by atoms with E-state index in [0.29, 0.717) is 6.04 Å². The molecule has 0 radical (unpaired) electrons. The van der Waals surface area contributed by atoms with Crippen molar-refractivity contribution in [2.75, 3.05) is 0 Å². The van der Waals surface area contributed by atoms with Crippen molar-refractivity contribution < 1.29 is 0 Å². The summed E-state index contributed by atoms with van der Waals surface area (Å²) in [6.45, 7) is 7.35. The van der Waals surface area contributed by atoms with E-state index >= 15 is 0 Å². The third-order valence-electron chi connectivity index (χ3n) is 2.53. The van der Waals surface area contributed by atoms with Crippen molar-refractivity contribution in [1.29, 1.82) is 0 Å². The Labute approximate surface area is 90.7 Å². The Bertz CT molecular complexity index is 455. The average molecular weight is 202 g/mol. The summed E-state index contributed by atoms with van der Waals surface area (Å²) in [4.78, 5) is 3.42. The van der Waals surface area contributed by atoms with Gasteiger partial charge in [-0.2, -0.15) is 0 Å². The number of nitrogens with one attached hydrogen (secondary N) is 2. The number of hydrogen-bond acceptors (Lipinski definition) is 1. The van der Waals surface area contributed by atoms with E-state index in [4.69, 9.17) is 0 Å². The molecule has 15 heavy (non-hydrogen) atoms. The average Bonchev–Trinajstić information content (AvgIpc) is 2.56. The van der Waals surface area contributed by atoms with E-state index in [1.165, 1.54) is 22.2 Å². The molecule has 80 valence electrons. The highest BCUT2D eigenvalue weighted by molar-refractivity contribution is 5.81. The van der Waals surface area contributed by atoms with Crippen LogP contribution in [0.3, 0.4) is 0 Å². The molecule has 2 aromatic rings. The van der Waals surface area contributed by atoms with Crippen LogP contribution in [0.4, 0.5) is 0 Å². The second-order valence-electron chi connectivity index (χ2n) is 4.42. The molecule has 0 saturated heterocycles. The molecule has 1 aromatic carbocycles. The number of aromatic nitrogens is 1. The lowest BCUT2D eigenvalue weighted by atomic mass is 10.2. The Morgan fingerprint density at radius 2 is 2.07 bits per heavy atom. The van der Waals surface area contributed by atoms with Gasteiger partial charge in [-0.15, -0.1) is 0 Å². The molecule has 2 N–H and O–H groups in total. The molecular formula is C13H18N2. The van der Waals surface area contributed by atoms with Crippen molar-refractivity contribution in [2.45, 2.75) is 33.4 Å². The van der Waals surface area contributed by atoms with E-state index in [1.807, 2.05) is 0 Å². The number of hydrogen-bond donors (Lipinski definition) is 2. The first kappa shape index (κ1) is 10.2. The van der Waals surface area contributed by atoms with E-state index in [-0.39, 0.29) is 0 Å². The smallest absolute Gasteiger partial charge is 0.0456 e. The molecule has 0 unspecified atom stereocenters. The Hall–Kier alpha value is -1.28. The Morgan fingerprint density at radius 3 is 2.80 bits per heavy atom. The number of aromatic amines is 1. The third-order valence-corrected chi connectivity index (χ3v) is 2.53. The molecule has 0 fully saturated rings. The monoisotopic (exact) mass is 202 g/mol. The van der Waals surface area contributed by atoms with E-state index in [9.17, 15) is 0 Å². The zero-order chi connectivity index (χ0) is 10.8. The predicted octanol–water partition coefficient (Wildman–Crippen LogP) is 2.97. The molecule has 1 heterocycles. The van der Waals surface area contributed by atoms with Crippen LogP contribution >= 0.6 is 0 Å². The van der Waals surface area contributed by atoms with Crippen molar-refractivity contribution in [3.05, 3.63) is 35.5 Å². The van der Waals surface area contributed by atoms with Gasteiger partial charge in [0.05, 0.1) is 0 Å². The van der Waals surface area contributed by atoms with Crippen molar-refractivity contribution in [1.82, 2.24) is 10.3 Å². The van der Waals surface area contributed by atoms with Crippen LogP contribution in [0.25, 0.3) is 10.9 Å². The summed E-state index contributed by atoms with van der Waals surface area (Å²) in [5, 5.41) is 4.71. The minimum atomic E-state index is 0.526. The summed E-state index contributed by atoms with van der Waals surface area (Å²) in [6.07, 6.45) is 0. The number of benzene rings is 1. The van der Waals surface area contributed by atoms with Gasteiger partial charge in [0.15, 0.2) is 0 Å². The molecule has 0 atom stereocenters. The number of H-pyrrole nitrogens is 1. The standard InChI is InChI=1S/C13H18N2/c1-9(2)14-8-12-7-11-6-10(3)4-5-13(11)15-12/h4-7,9,14-15H,8H2,1-3H3. The summed E-state index contributed by atoms with van der Waals surface area (Å²) in [7, 11) is 0. The minimum Gasteiger partial charge on any atom is -0.357 e. The lowest BCUT2D eigenvalue weighted by Gasteiger charge is -2.05. The van der Waals surface area contributed by atoms with Gasteiger partial charge in [-0.1, -0.05) is 25.5 Å². The van der Waals surface area contributed by atoms with Crippen LogP contribution in [-0.2, 0) is 6.54 Å². The number of fused-ring (bicyclic) bond motifs is 1.